The van der Waals surface area contributed by atoms with Crippen molar-refractivity contribution < 1.29 is 0 Å². The Bertz CT molecular complexity index is 653. The Morgan fingerprint density at radius 3 is 2.45 bits per heavy atom. The zero-order valence-electron chi connectivity index (χ0n) is 12.1. The summed E-state index contributed by atoms with van der Waals surface area (Å²) in [5, 5.41) is 0. The van der Waals surface area contributed by atoms with Gasteiger partial charge in [0.1, 0.15) is 5.69 Å². The molecule has 20 heavy (non-hydrogen) atoms. The lowest BCUT2D eigenvalue weighted by atomic mass is 10.1. The number of aromatic nitrogens is 1. The third-order valence-electron chi connectivity index (χ3n) is 2.53. The summed E-state index contributed by atoms with van der Waals surface area (Å²) < 4.78 is 0. The predicted octanol–water partition coefficient (Wildman–Crippen LogP) is 3.70. The molecule has 100 valence electrons. The van der Waals surface area contributed by atoms with E-state index in [1.807, 2.05) is 48.7 Å². The lowest BCUT2D eigenvalue weighted by molar-refractivity contribution is 0.586. The Morgan fingerprint density at radius 1 is 1.00 bits per heavy atom. The summed E-state index contributed by atoms with van der Waals surface area (Å²) in [6, 6.07) is 13.8. The van der Waals surface area contributed by atoms with Gasteiger partial charge in [-0.1, -0.05) is 24.1 Å². The van der Waals surface area contributed by atoms with Crippen LogP contribution in [0.4, 0.5) is 0 Å². The van der Waals surface area contributed by atoms with Gasteiger partial charge in [0.05, 0.1) is 5.54 Å². The highest BCUT2D eigenvalue weighted by atomic mass is 14.8. The highest BCUT2D eigenvalue weighted by molar-refractivity contribution is 5.82. The van der Waals surface area contributed by atoms with Crippen molar-refractivity contribution in [3.05, 3.63) is 65.5 Å². The maximum atomic E-state index is 4.51. The molecular formula is C18H18N2. The molecule has 1 heterocycles. The molecule has 2 rings (SSSR count). The molecule has 2 heteroatoms. The van der Waals surface area contributed by atoms with Gasteiger partial charge in [-0.3, -0.25) is 4.99 Å². The average Bonchev–Trinajstić information content (AvgIpc) is 2.44. The number of hydrogen-bond donors (Lipinski definition) is 0. The van der Waals surface area contributed by atoms with Crippen LogP contribution in [0.5, 0.6) is 0 Å². The molecule has 0 N–H and O–H groups in total. The van der Waals surface area contributed by atoms with E-state index in [4.69, 9.17) is 0 Å². The molecule has 2 nitrogen and oxygen atoms in total. The van der Waals surface area contributed by atoms with E-state index < -0.39 is 0 Å². The van der Waals surface area contributed by atoms with E-state index in [0.717, 1.165) is 16.8 Å². The number of aliphatic imine (C=N–C) groups is 1. The molecule has 0 aliphatic carbocycles. The SMILES string of the molecule is CC(C)(C)N=Cc1cccnc1C#Cc1ccccc1. The molecule has 0 atom stereocenters. The highest BCUT2D eigenvalue weighted by Crippen LogP contribution is 2.08. The van der Waals surface area contributed by atoms with Gasteiger partial charge >= 0.3 is 0 Å². The van der Waals surface area contributed by atoms with Crippen molar-refractivity contribution in [2.24, 2.45) is 4.99 Å². The van der Waals surface area contributed by atoms with E-state index in [0.29, 0.717) is 0 Å². The number of rotatable bonds is 1. The summed E-state index contributed by atoms with van der Waals surface area (Å²) in [4.78, 5) is 8.84. The van der Waals surface area contributed by atoms with Gasteiger partial charge in [-0.05, 0) is 51.0 Å². The lowest BCUT2D eigenvalue weighted by Crippen LogP contribution is -2.10. The quantitative estimate of drug-likeness (QED) is 0.568. The van der Waals surface area contributed by atoms with E-state index in [1.54, 1.807) is 6.20 Å². The summed E-state index contributed by atoms with van der Waals surface area (Å²) in [5.74, 6) is 6.24. The van der Waals surface area contributed by atoms with Crippen LogP contribution in [-0.2, 0) is 0 Å². The maximum Gasteiger partial charge on any atom is 0.122 e. The van der Waals surface area contributed by atoms with E-state index in [2.05, 4.69) is 42.6 Å². The van der Waals surface area contributed by atoms with Crippen LogP contribution in [0.1, 0.15) is 37.6 Å². The molecule has 0 aliphatic heterocycles. The molecule has 0 saturated heterocycles. The first-order valence-corrected chi connectivity index (χ1v) is 6.62. The van der Waals surface area contributed by atoms with Crippen LogP contribution in [0, 0.1) is 11.8 Å². The van der Waals surface area contributed by atoms with Crippen molar-refractivity contribution in [2.45, 2.75) is 26.3 Å². The van der Waals surface area contributed by atoms with Gasteiger partial charge in [0.25, 0.3) is 0 Å². The third-order valence-corrected chi connectivity index (χ3v) is 2.53. The number of pyridine rings is 1. The topological polar surface area (TPSA) is 25.2 Å². The molecule has 0 spiro atoms. The van der Waals surface area contributed by atoms with E-state index in [9.17, 15) is 0 Å². The van der Waals surface area contributed by atoms with Crippen molar-refractivity contribution in [2.75, 3.05) is 0 Å². The first-order valence-electron chi connectivity index (χ1n) is 6.62. The van der Waals surface area contributed by atoms with Crippen LogP contribution in [-0.4, -0.2) is 16.7 Å². The second-order valence-electron chi connectivity index (χ2n) is 5.49. The van der Waals surface area contributed by atoms with Crippen LogP contribution in [0.25, 0.3) is 0 Å². The summed E-state index contributed by atoms with van der Waals surface area (Å²) in [7, 11) is 0. The van der Waals surface area contributed by atoms with Crippen LogP contribution >= 0.6 is 0 Å². The lowest BCUT2D eigenvalue weighted by Gasteiger charge is -2.10. The molecule has 1 aromatic heterocycles. The largest absolute Gasteiger partial charge is 0.287 e. The fraction of sp³-hybridized carbons (Fsp3) is 0.222. The second kappa shape index (κ2) is 6.16. The number of hydrogen-bond acceptors (Lipinski definition) is 2. The molecule has 0 amide bonds. The monoisotopic (exact) mass is 262 g/mol. The second-order valence-corrected chi connectivity index (χ2v) is 5.49. The third kappa shape index (κ3) is 4.37. The molecule has 2 aromatic rings. The van der Waals surface area contributed by atoms with Crippen LogP contribution in [0.3, 0.4) is 0 Å². The first-order chi connectivity index (χ1) is 9.54. The van der Waals surface area contributed by atoms with Gasteiger partial charge in [-0.2, -0.15) is 0 Å². The standard InChI is InChI=1S/C18H18N2/c1-18(2,3)20-14-16-10-7-13-19-17(16)12-11-15-8-5-4-6-9-15/h4-10,13-14H,1-3H3. The summed E-state index contributed by atoms with van der Waals surface area (Å²) in [6.45, 7) is 6.19. The Morgan fingerprint density at radius 2 is 1.75 bits per heavy atom. The van der Waals surface area contributed by atoms with Crippen LogP contribution < -0.4 is 0 Å². The summed E-state index contributed by atoms with van der Waals surface area (Å²) in [5.41, 5.74) is 2.59. The van der Waals surface area contributed by atoms with Crippen LogP contribution in [0.2, 0.25) is 0 Å². The summed E-state index contributed by atoms with van der Waals surface area (Å²) in [6.07, 6.45) is 3.60. The van der Waals surface area contributed by atoms with E-state index >= 15 is 0 Å². The van der Waals surface area contributed by atoms with Gasteiger partial charge in [0.2, 0.25) is 0 Å². The molecule has 1 aromatic carbocycles. The van der Waals surface area contributed by atoms with Crippen molar-refractivity contribution in [1.82, 2.24) is 4.98 Å². The Balaban J connectivity index is 2.30. The van der Waals surface area contributed by atoms with E-state index in [1.165, 1.54) is 0 Å². The molecule has 0 saturated carbocycles. The minimum Gasteiger partial charge on any atom is -0.287 e. The molecule has 0 bridgehead atoms. The van der Waals surface area contributed by atoms with Gasteiger partial charge in [-0.25, -0.2) is 4.98 Å². The fourth-order valence-electron chi connectivity index (χ4n) is 1.54. The Hall–Kier alpha value is -2.40. The van der Waals surface area contributed by atoms with Crippen molar-refractivity contribution in [1.29, 1.82) is 0 Å². The van der Waals surface area contributed by atoms with Crippen molar-refractivity contribution >= 4 is 6.21 Å². The minimum atomic E-state index is -0.0973. The predicted molar refractivity (Wildman–Crippen MR) is 84.0 cm³/mol. The van der Waals surface area contributed by atoms with Gasteiger partial charge in [-0.15, -0.1) is 0 Å². The van der Waals surface area contributed by atoms with Crippen molar-refractivity contribution in [3.8, 4) is 11.8 Å². The molecule has 0 fully saturated rings. The van der Waals surface area contributed by atoms with Crippen LogP contribution in [0.15, 0.2) is 53.7 Å². The molecule has 0 radical (unpaired) electrons. The van der Waals surface area contributed by atoms with E-state index in [-0.39, 0.29) is 5.54 Å². The number of benzene rings is 1. The Labute approximate surface area is 120 Å². The zero-order chi connectivity index (χ0) is 14.4. The van der Waals surface area contributed by atoms with Gasteiger partial charge in [0.15, 0.2) is 0 Å². The number of nitrogens with zero attached hydrogens (tertiary/aromatic N) is 2. The molecule has 0 aliphatic rings. The summed E-state index contributed by atoms with van der Waals surface area (Å²) >= 11 is 0. The zero-order valence-corrected chi connectivity index (χ0v) is 12.1. The smallest absolute Gasteiger partial charge is 0.122 e. The van der Waals surface area contributed by atoms with Gasteiger partial charge < -0.3 is 0 Å². The molecular weight excluding hydrogens is 244 g/mol. The fourth-order valence-corrected chi connectivity index (χ4v) is 1.54. The highest BCUT2D eigenvalue weighted by Gasteiger charge is 2.05. The first kappa shape index (κ1) is 14.0. The average molecular weight is 262 g/mol. The van der Waals surface area contributed by atoms with Gasteiger partial charge in [0, 0.05) is 23.5 Å². The minimum absolute atomic E-state index is 0.0973. The normalized spacial score (nSPS) is 11.2. The molecule has 0 unspecified atom stereocenters. The Kier molecular flexibility index (Phi) is 4.32. The maximum absolute atomic E-state index is 4.51. The van der Waals surface area contributed by atoms with Crippen molar-refractivity contribution in [3.63, 3.8) is 0 Å².